The Hall–Kier alpha value is -1.96. The molecule has 3 amide bonds. The third kappa shape index (κ3) is 5.28. The highest BCUT2D eigenvalue weighted by Crippen LogP contribution is 2.27. The molecule has 0 bridgehead atoms. The lowest BCUT2D eigenvalue weighted by atomic mass is 10.1. The van der Waals surface area contributed by atoms with Gasteiger partial charge in [-0.1, -0.05) is 23.2 Å². The molecular formula is C18H17Cl2N3O3S. The highest BCUT2D eigenvalue weighted by Gasteiger charge is 2.28. The van der Waals surface area contributed by atoms with Gasteiger partial charge in [0.1, 0.15) is 0 Å². The van der Waals surface area contributed by atoms with E-state index >= 15 is 0 Å². The first kappa shape index (κ1) is 19.8. The van der Waals surface area contributed by atoms with E-state index in [1.807, 2.05) is 6.07 Å². The van der Waals surface area contributed by atoms with Crippen LogP contribution < -0.4 is 5.32 Å². The fourth-order valence-electron chi connectivity index (χ4n) is 2.77. The summed E-state index contributed by atoms with van der Waals surface area (Å²) in [6, 6.07) is 5.29. The molecular weight excluding hydrogens is 409 g/mol. The molecule has 1 N–H and O–H groups in total. The molecule has 1 saturated heterocycles. The number of hydrogen-bond donors (Lipinski definition) is 1. The highest BCUT2D eigenvalue weighted by molar-refractivity contribution is 7.15. The van der Waals surface area contributed by atoms with Crippen LogP contribution in [0.3, 0.4) is 0 Å². The number of anilines is 1. The number of halogens is 2. The number of thiazole rings is 1. The third-order valence-electron chi connectivity index (χ3n) is 4.11. The lowest BCUT2D eigenvalue weighted by molar-refractivity contribution is -0.138. The number of likely N-dealkylation sites (tertiary alicyclic amines) is 1. The molecule has 3 rings (SSSR count). The Labute approximate surface area is 170 Å². The summed E-state index contributed by atoms with van der Waals surface area (Å²) < 4.78 is 0. The number of carbonyl (C=O) groups excluding carboxylic acids is 3. The molecule has 1 aliphatic rings. The van der Waals surface area contributed by atoms with Crippen molar-refractivity contribution in [2.45, 2.75) is 32.1 Å². The van der Waals surface area contributed by atoms with Gasteiger partial charge >= 0.3 is 0 Å². The average molecular weight is 426 g/mol. The van der Waals surface area contributed by atoms with Gasteiger partial charge in [0, 0.05) is 53.3 Å². The Bertz CT molecular complexity index is 868. The molecule has 9 heteroatoms. The van der Waals surface area contributed by atoms with Gasteiger partial charge in [-0.2, -0.15) is 0 Å². The van der Waals surface area contributed by atoms with E-state index in [0.29, 0.717) is 28.0 Å². The number of benzene rings is 1. The third-order valence-corrected chi connectivity index (χ3v) is 5.63. The van der Waals surface area contributed by atoms with Crippen LogP contribution in [0.15, 0.2) is 24.4 Å². The van der Waals surface area contributed by atoms with Crippen molar-refractivity contribution in [1.29, 1.82) is 0 Å². The van der Waals surface area contributed by atoms with Crippen LogP contribution in [0.4, 0.5) is 5.13 Å². The van der Waals surface area contributed by atoms with Crippen LogP contribution in [0.1, 0.15) is 36.1 Å². The Morgan fingerprint density at radius 3 is 2.70 bits per heavy atom. The smallest absolute Gasteiger partial charge is 0.229 e. The van der Waals surface area contributed by atoms with E-state index in [1.54, 1.807) is 18.3 Å². The molecule has 1 aromatic carbocycles. The minimum Gasteiger partial charge on any atom is -0.302 e. The zero-order valence-electron chi connectivity index (χ0n) is 14.3. The standard InChI is InChI=1S/C18H17Cl2N3O3S/c19-12-3-4-14(20)11(8-12)9-13-10-21-18(27-13)22-15(24)2-1-7-23-16(25)5-6-17(23)26/h3-4,8,10H,1-2,5-7,9H2,(H,21,22,24). The molecule has 0 aliphatic carbocycles. The number of imide groups is 1. The Balaban J connectivity index is 1.48. The number of rotatable bonds is 7. The summed E-state index contributed by atoms with van der Waals surface area (Å²) >= 11 is 13.5. The molecule has 142 valence electrons. The van der Waals surface area contributed by atoms with Gasteiger partial charge in [0.05, 0.1) is 0 Å². The Kier molecular flexibility index (Phi) is 6.46. The van der Waals surface area contributed by atoms with Gasteiger partial charge in [-0.3, -0.25) is 19.3 Å². The Morgan fingerprint density at radius 1 is 1.22 bits per heavy atom. The van der Waals surface area contributed by atoms with Crippen LogP contribution in [-0.4, -0.2) is 34.2 Å². The first-order valence-corrected chi connectivity index (χ1v) is 10.0. The monoisotopic (exact) mass is 425 g/mol. The normalized spacial score (nSPS) is 14.1. The number of hydrogen-bond acceptors (Lipinski definition) is 5. The second-order valence-electron chi connectivity index (χ2n) is 6.14. The molecule has 1 fully saturated rings. The first-order valence-electron chi connectivity index (χ1n) is 8.44. The van der Waals surface area contributed by atoms with Crippen molar-refractivity contribution in [3.8, 4) is 0 Å². The Morgan fingerprint density at radius 2 is 1.96 bits per heavy atom. The van der Waals surface area contributed by atoms with Gasteiger partial charge in [0.15, 0.2) is 5.13 Å². The summed E-state index contributed by atoms with van der Waals surface area (Å²) in [7, 11) is 0. The largest absolute Gasteiger partial charge is 0.302 e. The SMILES string of the molecule is O=C(CCCN1C(=O)CCC1=O)Nc1ncc(Cc2cc(Cl)ccc2Cl)s1. The quantitative estimate of drug-likeness (QED) is 0.681. The second-order valence-corrected chi connectivity index (χ2v) is 8.09. The van der Waals surface area contributed by atoms with Gasteiger partial charge in [0.2, 0.25) is 17.7 Å². The van der Waals surface area contributed by atoms with Crippen LogP contribution >= 0.6 is 34.5 Å². The predicted octanol–water partition coefficient (Wildman–Crippen LogP) is 3.91. The van der Waals surface area contributed by atoms with Crippen molar-refractivity contribution in [3.05, 3.63) is 44.9 Å². The summed E-state index contributed by atoms with van der Waals surface area (Å²) in [4.78, 5) is 41.5. The minimum atomic E-state index is -0.198. The zero-order valence-corrected chi connectivity index (χ0v) is 16.7. The van der Waals surface area contributed by atoms with E-state index < -0.39 is 0 Å². The van der Waals surface area contributed by atoms with Crippen molar-refractivity contribution in [3.63, 3.8) is 0 Å². The summed E-state index contributed by atoms with van der Waals surface area (Å²) in [5.74, 6) is -0.523. The van der Waals surface area contributed by atoms with Crippen LogP contribution in [0.2, 0.25) is 10.0 Å². The fraction of sp³-hybridized carbons (Fsp3) is 0.333. The second kappa shape index (κ2) is 8.82. The molecule has 1 aromatic heterocycles. The molecule has 0 radical (unpaired) electrons. The van der Waals surface area contributed by atoms with E-state index in [9.17, 15) is 14.4 Å². The molecule has 0 atom stereocenters. The van der Waals surface area contributed by atoms with Crippen LogP contribution in [0, 0.1) is 0 Å². The number of amides is 3. The predicted molar refractivity (Wildman–Crippen MR) is 105 cm³/mol. The topological polar surface area (TPSA) is 79.4 Å². The molecule has 27 heavy (non-hydrogen) atoms. The number of nitrogens with one attached hydrogen (secondary N) is 1. The molecule has 0 unspecified atom stereocenters. The summed E-state index contributed by atoms with van der Waals surface area (Å²) in [6.07, 6.45) is 3.45. The van der Waals surface area contributed by atoms with Crippen LogP contribution in [0.5, 0.6) is 0 Å². The van der Waals surface area contributed by atoms with Crippen molar-refractivity contribution in [2.24, 2.45) is 0 Å². The zero-order chi connectivity index (χ0) is 19.4. The maximum Gasteiger partial charge on any atom is 0.229 e. The van der Waals surface area contributed by atoms with Crippen molar-refractivity contribution in [1.82, 2.24) is 9.88 Å². The van der Waals surface area contributed by atoms with Crippen molar-refractivity contribution >= 4 is 57.4 Å². The molecule has 0 spiro atoms. The fourth-order valence-corrected chi connectivity index (χ4v) is 4.00. The lowest BCUT2D eigenvalue weighted by Gasteiger charge is -2.12. The van der Waals surface area contributed by atoms with E-state index in [-0.39, 0.29) is 43.5 Å². The molecule has 1 aliphatic heterocycles. The molecule has 0 saturated carbocycles. The van der Waals surface area contributed by atoms with Crippen LogP contribution in [0.25, 0.3) is 0 Å². The van der Waals surface area contributed by atoms with Gasteiger partial charge in [-0.25, -0.2) is 4.98 Å². The van der Waals surface area contributed by atoms with Gasteiger partial charge in [-0.15, -0.1) is 11.3 Å². The van der Waals surface area contributed by atoms with E-state index in [4.69, 9.17) is 23.2 Å². The summed E-state index contributed by atoms with van der Waals surface area (Å²) in [6.45, 7) is 0.279. The number of nitrogens with zero attached hydrogens (tertiary/aromatic N) is 2. The number of carbonyl (C=O) groups is 3. The lowest BCUT2D eigenvalue weighted by Crippen LogP contribution is -2.30. The number of aromatic nitrogens is 1. The molecule has 2 aromatic rings. The van der Waals surface area contributed by atoms with Gasteiger partial charge in [0.25, 0.3) is 0 Å². The van der Waals surface area contributed by atoms with Crippen LogP contribution in [-0.2, 0) is 20.8 Å². The first-order chi connectivity index (χ1) is 12.9. The maximum absolute atomic E-state index is 12.0. The van der Waals surface area contributed by atoms with E-state index in [0.717, 1.165) is 10.4 Å². The maximum atomic E-state index is 12.0. The molecule has 6 nitrogen and oxygen atoms in total. The molecule has 2 heterocycles. The van der Waals surface area contributed by atoms with Gasteiger partial charge < -0.3 is 5.32 Å². The van der Waals surface area contributed by atoms with E-state index in [2.05, 4.69) is 10.3 Å². The minimum absolute atomic E-state index is 0.162. The van der Waals surface area contributed by atoms with E-state index in [1.165, 1.54) is 16.2 Å². The average Bonchev–Trinajstić information content (AvgIpc) is 3.19. The van der Waals surface area contributed by atoms with Gasteiger partial charge in [-0.05, 0) is 30.2 Å². The summed E-state index contributed by atoms with van der Waals surface area (Å²) in [5.41, 5.74) is 0.894. The van der Waals surface area contributed by atoms with Crippen molar-refractivity contribution in [2.75, 3.05) is 11.9 Å². The highest BCUT2D eigenvalue weighted by atomic mass is 35.5. The van der Waals surface area contributed by atoms with Crippen molar-refractivity contribution < 1.29 is 14.4 Å². The summed E-state index contributed by atoms with van der Waals surface area (Å²) in [5, 5.41) is 4.49.